The van der Waals surface area contributed by atoms with Gasteiger partial charge in [0.2, 0.25) is 0 Å². The average molecular weight is 353 g/mol. The topological polar surface area (TPSA) is 47.3 Å². The number of nitrogens with one attached hydrogen (secondary N) is 1. The fourth-order valence-corrected chi connectivity index (χ4v) is 2.35. The molecule has 21 heavy (non-hydrogen) atoms. The van der Waals surface area contributed by atoms with Gasteiger partial charge >= 0.3 is 0 Å². The number of hydrogen-bond acceptors (Lipinski definition) is 3. The summed E-state index contributed by atoms with van der Waals surface area (Å²) in [6, 6.07) is 10.3. The normalized spacial score (nSPS) is 10.7. The Bertz CT molecular complexity index is 632. The lowest BCUT2D eigenvalue weighted by Gasteiger charge is -2.13. The molecule has 3 nitrogen and oxygen atoms in total. The summed E-state index contributed by atoms with van der Waals surface area (Å²) in [5.41, 5.74) is 7.84. The van der Waals surface area contributed by atoms with E-state index in [1.807, 2.05) is 19.9 Å². The number of benzene rings is 2. The summed E-state index contributed by atoms with van der Waals surface area (Å²) in [5.74, 6) is 0.454. The molecule has 0 unspecified atom stereocenters. The second kappa shape index (κ2) is 6.80. The molecule has 0 bridgehead atoms. The summed E-state index contributed by atoms with van der Waals surface area (Å²) in [7, 11) is 0. The van der Waals surface area contributed by atoms with Gasteiger partial charge in [-0.1, -0.05) is 15.9 Å². The molecule has 0 aliphatic carbocycles. The average Bonchev–Trinajstić information content (AvgIpc) is 2.38. The van der Waals surface area contributed by atoms with Gasteiger partial charge in [0.05, 0.1) is 6.10 Å². The Labute approximate surface area is 132 Å². The van der Waals surface area contributed by atoms with E-state index in [1.165, 1.54) is 6.07 Å². The van der Waals surface area contributed by atoms with Crippen LogP contribution in [0.3, 0.4) is 0 Å². The molecule has 0 aliphatic heterocycles. The zero-order valence-corrected chi connectivity index (χ0v) is 13.6. The van der Waals surface area contributed by atoms with E-state index in [2.05, 4.69) is 21.2 Å². The maximum absolute atomic E-state index is 13.7. The first-order chi connectivity index (χ1) is 9.94. The van der Waals surface area contributed by atoms with E-state index in [9.17, 15) is 4.39 Å². The van der Waals surface area contributed by atoms with Gasteiger partial charge in [0, 0.05) is 40.1 Å². The highest BCUT2D eigenvalue weighted by atomic mass is 79.9. The maximum Gasteiger partial charge on any atom is 0.128 e. The molecule has 0 aromatic heterocycles. The SMILES string of the molecule is CC(C)Oc1cc(N)cc(NCc2cc(Br)ccc2F)c1. The van der Waals surface area contributed by atoms with E-state index in [1.54, 1.807) is 24.3 Å². The number of ether oxygens (including phenoxy) is 1. The number of rotatable bonds is 5. The molecule has 0 atom stereocenters. The van der Waals surface area contributed by atoms with E-state index in [0.717, 1.165) is 10.2 Å². The Balaban J connectivity index is 2.12. The highest BCUT2D eigenvalue weighted by molar-refractivity contribution is 9.10. The van der Waals surface area contributed by atoms with Gasteiger partial charge in [0.15, 0.2) is 0 Å². The van der Waals surface area contributed by atoms with Crippen molar-refractivity contribution in [3.63, 3.8) is 0 Å². The molecule has 2 rings (SSSR count). The molecular formula is C16H18BrFN2O. The molecule has 2 aromatic rings. The van der Waals surface area contributed by atoms with E-state index >= 15 is 0 Å². The quantitative estimate of drug-likeness (QED) is 0.774. The Morgan fingerprint density at radius 1 is 1.24 bits per heavy atom. The van der Waals surface area contributed by atoms with Crippen LogP contribution < -0.4 is 15.8 Å². The molecule has 0 saturated heterocycles. The van der Waals surface area contributed by atoms with Gasteiger partial charge in [-0.15, -0.1) is 0 Å². The number of nitrogen functional groups attached to an aromatic ring is 1. The van der Waals surface area contributed by atoms with Crippen LogP contribution in [0.4, 0.5) is 15.8 Å². The van der Waals surface area contributed by atoms with Gasteiger partial charge < -0.3 is 15.8 Å². The van der Waals surface area contributed by atoms with Crippen LogP contribution in [-0.4, -0.2) is 6.10 Å². The van der Waals surface area contributed by atoms with Gasteiger partial charge in [0.25, 0.3) is 0 Å². The monoisotopic (exact) mass is 352 g/mol. The highest BCUT2D eigenvalue weighted by Crippen LogP contribution is 2.24. The van der Waals surface area contributed by atoms with Gasteiger partial charge in [-0.3, -0.25) is 0 Å². The second-order valence-electron chi connectivity index (χ2n) is 5.05. The van der Waals surface area contributed by atoms with Crippen LogP contribution in [-0.2, 0) is 6.54 Å². The summed E-state index contributed by atoms with van der Waals surface area (Å²) in [6.07, 6.45) is 0.0715. The predicted octanol–water partition coefficient (Wildman–Crippen LogP) is 4.57. The number of anilines is 2. The highest BCUT2D eigenvalue weighted by Gasteiger charge is 2.05. The molecule has 0 heterocycles. The van der Waals surface area contributed by atoms with Crippen LogP contribution in [0.5, 0.6) is 5.75 Å². The van der Waals surface area contributed by atoms with Crippen LogP contribution in [0.15, 0.2) is 40.9 Å². The zero-order valence-electron chi connectivity index (χ0n) is 12.0. The van der Waals surface area contributed by atoms with Crippen LogP contribution in [0.2, 0.25) is 0 Å². The fraction of sp³-hybridized carbons (Fsp3) is 0.250. The summed E-state index contributed by atoms with van der Waals surface area (Å²) >= 11 is 3.34. The van der Waals surface area contributed by atoms with E-state index in [-0.39, 0.29) is 11.9 Å². The van der Waals surface area contributed by atoms with Gasteiger partial charge in [-0.2, -0.15) is 0 Å². The van der Waals surface area contributed by atoms with Crippen molar-refractivity contribution in [2.24, 2.45) is 0 Å². The third kappa shape index (κ3) is 4.63. The van der Waals surface area contributed by atoms with E-state index in [0.29, 0.717) is 23.5 Å². The zero-order chi connectivity index (χ0) is 15.4. The molecule has 0 aliphatic rings. The Hall–Kier alpha value is -1.75. The molecule has 5 heteroatoms. The fourth-order valence-electron chi connectivity index (χ4n) is 1.94. The Morgan fingerprint density at radius 3 is 2.71 bits per heavy atom. The third-order valence-electron chi connectivity index (χ3n) is 2.79. The molecule has 3 N–H and O–H groups in total. The van der Waals surface area contributed by atoms with E-state index in [4.69, 9.17) is 10.5 Å². The van der Waals surface area contributed by atoms with Crippen molar-refractivity contribution in [3.05, 3.63) is 52.3 Å². The largest absolute Gasteiger partial charge is 0.491 e. The van der Waals surface area contributed by atoms with Crippen LogP contribution in [0, 0.1) is 5.82 Å². The molecule has 0 amide bonds. The molecule has 2 aromatic carbocycles. The predicted molar refractivity (Wildman–Crippen MR) is 88.0 cm³/mol. The maximum atomic E-state index is 13.7. The smallest absolute Gasteiger partial charge is 0.128 e. The standard InChI is InChI=1S/C16H18BrFN2O/c1-10(2)21-15-7-13(19)6-14(8-15)20-9-11-5-12(17)3-4-16(11)18/h3-8,10,20H,9,19H2,1-2H3. The number of nitrogens with two attached hydrogens (primary N) is 1. The minimum absolute atomic E-state index is 0.0715. The van der Waals surface area contributed by atoms with Gasteiger partial charge in [-0.05, 0) is 38.1 Å². The number of halogens is 2. The van der Waals surface area contributed by atoms with Crippen molar-refractivity contribution < 1.29 is 9.13 Å². The van der Waals surface area contributed by atoms with Crippen LogP contribution in [0.25, 0.3) is 0 Å². The Morgan fingerprint density at radius 2 is 2.00 bits per heavy atom. The summed E-state index contributed by atoms with van der Waals surface area (Å²) < 4.78 is 20.2. The van der Waals surface area contributed by atoms with Crippen molar-refractivity contribution >= 4 is 27.3 Å². The molecule has 0 saturated carbocycles. The lowest BCUT2D eigenvalue weighted by atomic mass is 10.2. The molecular weight excluding hydrogens is 335 g/mol. The van der Waals surface area contributed by atoms with Crippen molar-refractivity contribution in [3.8, 4) is 5.75 Å². The Kier molecular flexibility index (Phi) is 5.07. The first kappa shape index (κ1) is 15.6. The van der Waals surface area contributed by atoms with Gasteiger partial charge in [-0.25, -0.2) is 4.39 Å². The molecule has 0 spiro atoms. The molecule has 112 valence electrons. The van der Waals surface area contributed by atoms with Gasteiger partial charge in [0.1, 0.15) is 11.6 Å². The van der Waals surface area contributed by atoms with Crippen molar-refractivity contribution in [1.82, 2.24) is 0 Å². The summed E-state index contributed by atoms with van der Waals surface area (Å²) in [6.45, 7) is 4.27. The minimum atomic E-state index is -0.242. The van der Waals surface area contributed by atoms with Crippen LogP contribution in [0.1, 0.15) is 19.4 Å². The van der Waals surface area contributed by atoms with Crippen molar-refractivity contribution in [2.45, 2.75) is 26.5 Å². The summed E-state index contributed by atoms with van der Waals surface area (Å²) in [5, 5.41) is 3.16. The molecule has 0 radical (unpaired) electrons. The second-order valence-corrected chi connectivity index (χ2v) is 5.96. The minimum Gasteiger partial charge on any atom is -0.491 e. The first-order valence-electron chi connectivity index (χ1n) is 6.69. The van der Waals surface area contributed by atoms with E-state index < -0.39 is 0 Å². The lowest BCUT2D eigenvalue weighted by Crippen LogP contribution is -2.07. The van der Waals surface area contributed by atoms with Crippen molar-refractivity contribution in [2.75, 3.05) is 11.1 Å². The molecule has 0 fully saturated rings. The summed E-state index contributed by atoms with van der Waals surface area (Å²) in [4.78, 5) is 0. The lowest BCUT2D eigenvalue weighted by molar-refractivity contribution is 0.242. The number of hydrogen-bond donors (Lipinski definition) is 2. The van der Waals surface area contributed by atoms with Crippen LogP contribution >= 0.6 is 15.9 Å². The third-order valence-corrected chi connectivity index (χ3v) is 3.28. The first-order valence-corrected chi connectivity index (χ1v) is 7.48. The van der Waals surface area contributed by atoms with Crippen molar-refractivity contribution in [1.29, 1.82) is 0 Å².